The van der Waals surface area contributed by atoms with Gasteiger partial charge in [0.2, 0.25) is 5.13 Å². The first kappa shape index (κ1) is 12.2. The molecule has 88 valence electrons. The Morgan fingerprint density at radius 1 is 1.53 bits per heavy atom. The lowest BCUT2D eigenvalue weighted by atomic mass is 10.2. The maximum Gasteiger partial charge on any atom is 0.203 e. The SMILES string of the molecule is Cc1csc(NN=Cc2cccc(F)c2Br)n1. The zero-order valence-electron chi connectivity index (χ0n) is 8.95. The van der Waals surface area contributed by atoms with Crippen LogP contribution < -0.4 is 5.43 Å². The Morgan fingerprint density at radius 2 is 2.35 bits per heavy atom. The summed E-state index contributed by atoms with van der Waals surface area (Å²) in [6.45, 7) is 1.91. The molecular formula is C11H9BrFN3S. The third-order valence-corrected chi connectivity index (χ3v) is 3.67. The van der Waals surface area contributed by atoms with Crippen molar-refractivity contribution in [1.29, 1.82) is 0 Å². The second-order valence-electron chi connectivity index (χ2n) is 3.31. The molecule has 2 aromatic rings. The number of nitrogens with zero attached hydrogens (tertiary/aromatic N) is 2. The first-order valence-corrected chi connectivity index (χ1v) is 6.49. The number of hydrogen-bond donors (Lipinski definition) is 1. The number of nitrogens with one attached hydrogen (secondary N) is 1. The molecule has 0 saturated carbocycles. The Labute approximate surface area is 111 Å². The van der Waals surface area contributed by atoms with Crippen LogP contribution in [0.5, 0.6) is 0 Å². The molecule has 0 amide bonds. The fraction of sp³-hybridized carbons (Fsp3) is 0.0909. The fourth-order valence-electron chi connectivity index (χ4n) is 1.18. The highest BCUT2D eigenvalue weighted by atomic mass is 79.9. The van der Waals surface area contributed by atoms with Gasteiger partial charge in [-0.1, -0.05) is 12.1 Å². The molecule has 0 saturated heterocycles. The van der Waals surface area contributed by atoms with Gasteiger partial charge in [-0.25, -0.2) is 9.37 Å². The minimum Gasteiger partial charge on any atom is -0.253 e. The molecule has 17 heavy (non-hydrogen) atoms. The molecule has 0 bridgehead atoms. The minimum absolute atomic E-state index is 0.306. The van der Waals surface area contributed by atoms with Gasteiger partial charge in [-0.05, 0) is 28.9 Å². The van der Waals surface area contributed by atoms with Crippen molar-refractivity contribution in [2.24, 2.45) is 5.10 Å². The molecule has 1 aromatic carbocycles. The van der Waals surface area contributed by atoms with Crippen molar-refractivity contribution in [1.82, 2.24) is 4.98 Å². The summed E-state index contributed by atoms with van der Waals surface area (Å²) in [6, 6.07) is 4.79. The van der Waals surface area contributed by atoms with Crippen LogP contribution in [0.15, 0.2) is 33.2 Å². The second-order valence-corrected chi connectivity index (χ2v) is 4.96. The molecule has 1 aromatic heterocycles. The van der Waals surface area contributed by atoms with Gasteiger partial charge in [0, 0.05) is 10.9 Å². The van der Waals surface area contributed by atoms with E-state index < -0.39 is 0 Å². The lowest BCUT2D eigenvalue weighted by Gasteiger charge is -1.98. The van der Waals surface area contributed by atoms with E-state index in [1.807, 2.05) is 12.3 Å². The Morgan fingerprint density at radius 3 is 3.06 bits per heavy atom. The number of rotatable bonds is 3. The number of hydrogen-bond acceptors (Lipinski definition) is 4. The van der Waals surface area contributed by atoms with Gasteiger partial charge in [0.05, 0.1) is 16.4 Å². The number of thiazole rings is 1. The van der Waals surface area contributed by atoms with Crippen LogP contribution in [0, 0.1) is 12.7 Å². The van der Waals surface area contributed by atoms with Crippen LogP contribution in [0.1, 0.15) is 11.3 Å². The molecule has 0 aliphatic rings. The molecule has 0 fully saturated rings. The third-order valence-electron chi connectivity index (χ3n) is 1.96. The van der Waals surface area contributed by atoms with E-state index in [0.717, 1.165) is 5.69 Å². The predicted molar refractivity (Wildman–Crippen MR) is 72.2 cm³/mol. The van der Waals surface area contributed by atoms with Crippen molar-refractivity contribution in [3.8, 4) is 0 Å². The molecular weight excluding hydrogens is 305 g/mol. The van der Waals surface area contributed by atoms with Gasteiger partial charge in [-0.15, -0.1) is 11.3 Å². The average molecular weight is 314 g/mol. The van der Waals surface area contributed by atoms with Gasteiger partial charge in [-0.3, -0.25) is 5.43 Å². The molecule has 0 radical (unpaired) electrons. The van der Waals surface area contributed by atoms with E-state index in [9.17, 15) is 4.39 Å². The predicted octanol–water partition coefficient (Wildman–Crippen LogP) is 3.80. The molecule has 6 heteroatoms. The molecule has 0 spiro atoms. The van der Waals surface area contributed by atoms with Crippen molar-refractivity contribution in [2.75, 3.05) is 5.43 Å². The number of aryl methyl sites for hydroxylation is 1. The largest absolute Gasteiger partial charge is 0.253 e. The topological polar surface area (TPSA) is 37.3 Å². The van der Waals surface area contributed by atoms with Crippen molar-refractivity contribution in [2.45, 2.75) is 6.92 Å². The Balaban J connectivity index is 2.08. The Kier molecular flexibility index (Phi) is 3.86. The van der Waals surface area contributed by atoms with Gasteiger partial charge in [0.15, 0.2) is 0 Å². The molecule has 0 atom stereocenters. The normalized spacial score (nSPS) is 11.0. The van der Waals surface area contributed by atoms with Crippen LogP contribution in [0.2, 0.25) is 0 Å². The highest BCUT2D eigenvalue weighted by Gasteiger charge is 2.02. The van der Waals surface area contributed by atoms with E-state index in [4.69, 9.17) is 0 Å². The molecule has 0 aliphatic carbocycles. The summed E-state index contributed by atoms with van der Waals surface area (Å²) >= 11 is 4.63. The monoisotopic (exact) mass is 313 g/mol. The Bertz CT molecular complexity index is 553. The summed E-state index contributed by atoms with van der Waals surface area (Å²) in [5, 5.41) is 6.64. The zero-order valence-corrected chi connectivity index (χ0v) is 11.3. The summed E-state index contributed by atoms with van der Waals surface area (Å²) in [5.74, 6) is -0.306. The van der Waals surface area contributed by atoms with Crippen LogP contribution >= 0.6 is 27.3 Å². The van der Waals surface area contributed by atoms with Crippen LogP contribution in [0.3, 0.4) is 0 Å². The van der Waals surface area contributed by atoms with E-state index in [1.165, 1.54) is 17.4 Å². The maximum atomic E-state index is 13.2. The van der Waals surface area contributed by atoms with Crippen LogP contribution in [0.25, 0.3) is 0 Å². The zero-order chi connectivity index (χ0) is 12.3. The quantitative estimate of drug-likeness (QED) is 0.691. The van der Waals surface area contributed by atoms with Gasteiger partial charge in [0.1, 0.15) is 5.82 Å². The minimum atomic E-state index is -0.306. The second kappa shape index (κ2) is 5.37. The van der Waals surface area contributed by atoms with E-state index in [1.54, 1.807) is 18.3 Å². The molecule has 0 aliphatic heterocycles. The molecule has 0 unspecified atom stereocenters. The van der Waals surface area contributed by atoms with Crippen LogP contribution in [-0.4, -0.2) is 11.2 Å². The summed E-state index contributed by atoms with van der Waals surface area (Å²) < 4.78 is 13.6. The van der Waals surface area contributed by atoms with E-state index in [-0.39, 0.29) is 5.82 Å². The summed E-state index contributed by atoms with van der Waals surface area (Å²) in [5.41, 5.74) is 4.41. The lowest BCUT2D eigenvalue weighted by Crippen LogP contribution is -1.92. The standard InChI is InChI=1S/C11H9BrFN3S/c1-7-6-17-11(15-7)16-14-5-8-3-2-4-9(13)10(8)12/h2-6H,1H3,(H,15,16). The van der Waals surface area contributed by atoms with Crippen molar-refractivity contribution in [3.05, 3.63) is 45.1 Å². The summed E-state index contributed by atoms with van der Waals surface area (Å²) in [6.07, 6.45) is 1.55. The number of halogens is 2. The smallest absolute Gasteiger partial charge is 0.203 e. The third kappa shape index (κ3) is 3.10. The highest BCUT2D eigenvalue weighted by Crippen LogP contribution is 2.19. The van der Waals surface area contributed by atoms with Crippen molar-refractivity contribution in [3.63, 3.8) is 0 Å². The van der Waals surface area contributed by atoms with E-state index in [2.05, 4.69) is 31.4 Å². The molecule has 3 nitrogen and oxygen atoms in total. The van der Waals surface area contributed by atoms with E-state index >= 15 is 0 Å². The molecule has 1 N–H and O–H groups in total. The fourth-order valence-corrected chi connectivity index (χ4v) is 2.19. The van der Waals surface area contributed by atoms with Crippen molar-refractivity contribution < 1.29 is 4.39 Å². The first-order chi connectivity index (χ1) is 8.16. The highest BCUT2D eigenvalue weighted by molar-refractivity contribution is 9.10. The van der Waals surface area contributed by atoms with Crippen molar-refractivity contribution >= 4 is 38.6 Å². The van der Waals surface area contributed by atoms with E-state index in [0.29, 0.717) is 15.2 Å². The molecule has 2 rings (SSSR count). The summed E-state index contributed by atoms with van der Waals surface area (Å²) in [7, 11) is 0. The van der Waals surface area contributed by atoms with Gasteiger partial charge >= 0.3 is 0 Å². The maximum absolute atomic E-state index is 13.2. The lowest BCUT2D eigenvalue weighted by molar-refractivity contribution is 0.621. The first-order valence-electron chi connectivity index (χ1n) is 4.82. The van der Waals surface area contributed by atoms with Crippen LogP contribution in [0.4, 0.5) is 9.52 Å². The number of benzene rings is 1. The van der Waals surface area contributed by atoms with Gasteiger partial charge in [0.25, 0.3) is 0 Å². The number of hydrazone groups is 1. The van der Waals surface area contributed by atoms with Gasteiger partial charge < -0.3 is 0 Å². The summed E-state index contributed by atoms with van der Waals surface area (Å²) in [4.78, 5) is 4.19. The van der Waals surface area contributed by atoms with Crippen LogP contribution in [-0.2, 0) is 0 Å². The number of anilines is 1. The Hall–Kier alpha value is -1.27. The van der Waals surface area contributed by atoms with Gasteiger partial charge in [-0.2, -0.15) is 5.10 Å². The average Bonchev–Trinajstić information content (AvgIpc) is 2.70. The number of aromatic nitrogens is 1. The molecule has 1 heterocycles.